The van der Waals surface area contributed by atoms with Gasteiger partial charge in [-0.15, -0.1) is 0 Å². The summed E-state index contributed by atoms with van der Waals surface area (Å²) in [5.74, 6) is 0.990. The fraction of sp³-hybridized carbons (Fsp3) is 1.00. The first-order valence-electron chi connectivity index (χ1n) is 6.25. The van der Waals surface area contributed by atoms with Gasteiger partial charge in [0.2, 0.25) is 0 Å². The maximum atomic E-state index is 5.45. The van der Waals surface area contributed by atoms with Crippen LogP contribution in [0.4, 0.5) is 0 Å². The molecule has 16 heavy (non-hydrogen) atoms. The molecule has 0 amide bonds. The lowest BCUT2D eigenvalue weighted by molar-refractivity contribution is -0.888. The topological polar surface area (TPSA) is 26.0 Å². The number of unbranched alkanes of at least 4 members (excludes halogenated alkanes) is 5. The van der Waals surface area contributed by atoms with Crippen molar-refractivity contribution in [2.75, 3.05) is 39.5 Å². The zero-order valence-electron chi connectivity index (χ0n) is 10.9. The summed E-state index contributed by atoms with van der Waals surface area (Å²) in [5.41, 5.74) is 5.45. The minimum atomic E-state index is 0. The van der Waals surface area contributed by atoms with E-state index in [1.54, 1.807) is 0 Å². The van der Waals surface area contributed by atoms with Crippen molar-refractivity contribution in [1.82, 2.24) is 0 Å². The Morgan fingerprint density at radius 2 is 1.38 bits per heavy atom. The van der Waals surface area contributed by atoms with Crippen LogP contribution in [0.15, 0.2) is 0 Å². The molecule has 4 heteroatoms. The Hall–Kier alpha value is 0.750. The number of hydrogen-bond donors (Lipinski definition) is 2. The molecule has 2 N–H and O–H groups in total. The van der Waals surface area contributed by atoms with E-state index < -0.39 is 0 Å². The van der Waals surface area contributed by atoms with Crippen molar-refractivity contribution in [2.45, 2.75) is 38.5 Å². The van der Waals surface area contributed by atoms with E-state index in [1.807, 2.05) is 0 Å². The summed E-state index contributed by atoms with van der Waals surface area (Å²) in [5, 5.41) is 0. The Balaban J connectivity index is 0. The molecule has 0 aliphatic carbocycles. The second-order valence-corrected chi connectivity index (χ2v) is 5.46. The molecule has 0 saturated heterocycles. The molecule has 0 rings (SSSR count). The van der Waals surface area contributed by atoms with Crippen molar-refractivity contribution >= 4 is 12.6 Å². The molecule has 0 aromatic heterocycles. The highest BCUT2D eigenvalue weighted by molar-refractivity contribution is 7.80. The summed E-state index contributed by atoms with van der Waals surface area (Å²) >= 11 is 4.29. The standard InChI is InChI=1S/C12H28N2S.BrH/c1-14(2,11-12-15)10-8-6-4-3-5-7-9-13;/h3-13H2,1-2H3;1H. The lowest BCUT2D eigenvalue weighted by atomic mass is 10.1. The average Bonchev–Trinajstić information content (AvgIpc) is 2.16. The van der Waals surface area contributed by atoms with Crippen molar-refractivity contribution in [1.29, 1.82) is 0 Å². The van der Waals surface area contributed by atoms with E-state index in [9.17, 15) is 0 Å². The van der Waals surface area contributed by atoms with Gasteiger partial charge in [0.25, 0.3) is 0 Å². The van der Waals surface area contributed by atoms with Crippen LogP contribution in [0.5, 0.6) is 0 Å². The summed E-state index contributed by atoms with van der Waals surface area (Å²) in [6.45, 7) is 3.32. The maximum Gasteiger partial charge on any atom is 0.0871 e. The van der Waals surface area contributed by atoms with E-state index in [0.717, 1.165) is 16.8 Å². The summed E-state index contributed by atoms with van der Waals surface area (Å²) in [7, 11) is 4.59. The number of rotatable bonds is 10. The molecular formula is C12H29BrN2S. The highest BCUT2D eigenvalue weighted by Crippen LogP contribution is 2.08. The predicted octanol–water partition coefficient (Wildman–Crippen LogP) is -0.704. The first kappa shape index (κ1) is 19.1. The van der Waals surface area contributed by atoms with Crippen LogP contribution in [0.25, 0.3) is 0 Å². The van der Waals surface area contributed by atoms with Crippen LogP contribution >= 0.6 is 12.6 Å². The molecule has 0 aromatic carbocycles. The van der Waals surface area contributed by atoms with E-state index in [4.69, 9.17) is 5.73 Å². The molecule has 2 nitrogen and oxygen atoms in total. The maximum absolute atomic E-state index is 5.45. The number of thiol groups is 1. The Kier molecular flexibility index (Phi) is 14.6. The van der Waals surface area contributed by atoms with Crippen molar-refractivity contribution in [2.24, 2.45) is 5.73 Å². The summed E-state index contributed by atoms with van der Waals surface area (Å²) in [6, 6.07) is 0. The second kappa shape index (κ2) is 12.2. The minimum absolute atomic E-state index is 0. The molecule has 0 aliphatic heterocycles. The quantitative estimate of drug-likeness (QED) is 0.311. The van der Waals surface area contributed by atoms with Crippen molar-refractivity contribution < 1.29 is 21.5 Å². The molecule has 0 atom stereocenters. The largest absolute Gasteiger partial charge is 1.00 e. The van der Waals surface area contributed by atoms with Gasteiger partial charge in [-0.25, -0.2) is 0 Å². The van der Waals surface area contributed by atoms with E-state index in [1.165, 1.54) is 51.6 Å². The number of nitrogens with zero attached hydrogens (tertiary/aromatic N) is 1. The summed E-state index contributed by atoms with van der Waals surface area (Å²) in [4.78, 5) is 0. The first-order valence-corrected chi connectivity index (χ1v) is 6.88. The van der Waals surface area contributed by atoms with Crippen LogP contribution in [0.1, 0.15) is 38.5 Å². The van der Waals surface area contributed by atoms with Crippen LogP contribution in [-0.2, 0) is 0 Å². The van der Waals surface area contributed by atoms with Gasteiger partial charge in [0.1, 0.15) is 0 Å². The van der Waals surface area contributed by atoms with E-state index in [-0.39, 0.29) is 17.0 Å². The van der Waals surface area contributed by atoms with Crippen LogP contribution in [0, 0.1) is 0 Å². The van der Waals surface area contributed by atoms with Gasteiger partial charge >= 0.3 is 0 Å². The average molecular weight is 313 g/mol. The van der Waals surface area contributed by atoms with Gasteiger partial charge in [-0.3, -0.25) is 0 Å². The zero-order chi connectivity index (χ0) is 11.6. The normalized spacial score (nSPS) is 11.2. The SMILES string of the molecule is C[N+](C)(CCS)CCCCCCCCN.[Br-]. The Morgan fingerprint density at radius 3 is 1.88 bits per heavy atom. The van der Waals surface area contributed by atoms with Gasteiger partial charge in [-0.05, 0) is 25.8 Å². The second-order valence-electron chi connectivity index (χ2n) is 5.02. The Bertz CT molecular complexity index is 143. The highest BCUT2D eigenvalue weighted by Gasteiger charge is 2.12. The Labute approximate surface area is 118 Å². The molecule has 0 aliphatic rings. The van der Waals surface area contributed by atoms with Crippen molar-refractivity contribution in [3.05, 3.63) is 0 Å². The molecule has 0 radical (unpaired) electrons. The molecule has 0 aromatic rings. The highest BCUT2D eigenvalue weighted by atomic mass is 79.9. The lowest BCUT2D eigenvalue weighted by Gasteiger charge is -2.29. The van der Waals surface area contributed by atoms with Gasteiger partial charge in [0, 0.05) is 5.75 Å². The van der Waals surface area contributed by atoms with Gasteiger partial charge in [-0.2, -0.15) is 12.6 Å². The van der Waals surface area contributed by atoms with Gasteiger partial charge in [0.15, 0.2) is 0 Å². The fourth-order valence-electron chi connectivity index (χ4n) is 1.77. The van der Waals surface area contributed by atoms with Gasteiger partial charge in [-0.1, -0.05) is 19.3 Å². The molecule has 0 spiro atoms. The van der Waals surface area contributed by atoms with E-state index >= 15 is 0 Å². The van der Waals surface area contributed by atoms with Crippen molar-refractivity contribution in [3.63, 3.8) is 0 Å². The summed E-state index contributed by atoms with van der Waals surface area (Å²) in [6.07, 6.45) is 7.97. The third kappa shape index (κ3) is 12.8. The molecule has 100 valence electrons. The monoisotopic (exact) mass is 312 g/mol. The molecular weight excluding hydrogens is 284 g/mol. The number of nitrogens with two attached hydrogens (primary N) is 1. The molecule has 0 unspecified atom stereocenters. The molecule has 0 fully saturated rings. The number of halogens is 1. The molecule has 0 heterocycles. The van der Waals surface area contributed by atoms with Gasteiger partial charge < -0.3 is 27.2 Å². The number of hydrogen-bond acceptors (Lipinski definition) is 2. The third-order valence-corrected chi connectivity index (χ3v) is 3.12. The predicted molar refractivity (Wildman–Crippen MR) is 72.5 cm³/mol. The van der Waals surface area contributed by atoms with Crippen LogP contribution in [-0.4, -0.2) is 44.0 Å². The van der Waals surface area contributed by atoms with E-state index in [2.05, 4.69) is 26.7 Å². The van der Waals surface area contributed by atoms with Crippen LogP contribution in [0.2, 0.25) is 0 Å². The summed E-state index contributed by atoms with van der Waals surface area (Å²) < 4.78 is 1.12. The van der Waals surface area contributed by atoms with Crippen molar-refractivity contribution in [3.8, 4) is 0 Å². The molecule has 0 saturated carbocycles. The van der Waals surface area contributed by atoms with Crippen LogP contribution in [0.3, 0.4) is 0 Å². The first-order chi connectivity index (χ1) is 7.12. The lowest BCUT2D eigenvalue weighted by Crippen LogP contribution is -3.00. The zero-order valence-corrected chi connectivity index (χ0v) is 13.4. The Morgan fingerprint density at radius 1 is 0.875 bits per heavy atom. The smallest absolute Gasteiger partial charge is 0.0871 e. The van der Waals surface area contributed by atoms with Gasteiger partial charge in [0.05, 0.1) is 27.2 Å². The minimum Gasteiger partial charge on any atom is -1.00 e. The third-order valence-electron chi connectivity index (χ3n) is 2.92. The fourth-order valence-corrected chi connectivity index (χ4v) is 2.32. The van der Waals surface area contributed by atoms with Crippen LogP contribution < -0.4 is 22.7 Å². The van der Waals surface area contributed by atoms with E-state index in [0.29, 0.717) is 0 Å². The number of quaternary nitrogens is 1. The molecule has 0 bridgehead atoms.